The van der Waals surface area contributed by atoms with Gasteiger partial charge in [0.2, 0.25) is 0 Å². The van der Waals surface area contributed by atoms with Gasteiger partial charge in [0, 0.05) is 6.07 Å². The Morgan fingerprint density at radius 2 is 2.07 bits per heavy atom. The molecule has 2 rings (SSSR count). The van der Waals surface area contributed by atoms with E-state index in [1.54, 1.807) is 0 Å². The van der Waals surface area contributed by atoms with Crippen molar-refractivity contribution in [2.45, 2.75) is 0 Å². The maximum Gasteiger partial charge on any atom is 0.335 e. The number of aromatic carboxylic acids is 1. The quantitative estimate of drug-likeness (QED) is 0.762. The van der Waals surface area contributed by atoms with Crippen LogP contribution in [-0.4, -0.2) is 16.2 Å². The third kappa shape index (κ3) is 1.29. The van der Waals surface area contributed by atoms with Crippen molar-refractivity contribution < 1.29 is 19.4 Å². The molecule has 0 saturated heterocycles. The van der Waals surface area contributed by atoms with Crippen LogP contribution in [0.4, 0.5) is 0 Å². The van der Waals surface area contributed by atoms with Gasteiger partial charge >= 0.3 is 5.97 Å². The molecule has 0 bridgehead atoms. The second-order valence-corrected chi connectivity index (χ2v) is 3.14. The summed E-state index contributed by atoms with van der Waals surface area (Å²) in [7, 11) is 0. The van der Waals surface area contributed by atoms with Crippen molar-refractivity contribution >= 4 is 28.5 Å². The molecule has 0 saturated carbocycles. The van der Waals surface area contributed by atoms with Gasteiger partial charge in [-0.25, -0.2) is 4.79 Å². The summed E-state index contributed by atoms with van der Waals surface area (Å²) in [6.45, 7) is 0. The highest BCUT2D eigenvalue weighted by atomic mass is 35.5. The molecular weight excluding hydrogens is 208 g/mol. The molecule has 1 aromatic carbocycles. The molecule has 2 aromatic rings. The average Bonchev–Trinajstić information content (AvgIpc) is 2.45. The summed E-state index contributed by atoms with van der Waals surface area (Å²) in [6, 6.07) is 3.89. The number of fused-ring (bicyclic) bond motifs is 1. The molecule has 0 fully saturated rings. The van der Waals surface area contributed by atoms with Gasteiger partial charge in [0.15, 0.2) is 5.22 Å². The first-order valence-electron chi connectivity index (χ1n) is 3.73. The Labute approximate surface area is 83.3 Å². The fourth-order valence-corrected chi connectivity index (χ4v) is 1.41. The topological polar surface area (TPSA) is 70.7 Å². The van der Waals surface area contributed by atoms with Crippen LogP contribution in [0.25, 0.3) is 11.0 Å². The van der Waals surface area contributed by atoms with Crippen molar-refractivity contribution in [3.05, 3.63) is 29.0 Å². The zero-order chi connectivity index (χ0) is 10.3. The van der Waals surface area contributed by atoms with E-state index in [2.05, 4.69) is 0 Å². The third-order valence-corrected chi connectivity index (χ3v) is 2.02. The van der Waals surface area contributed by atoms with Crippen LogP contribution in [0.3, 0.4) is 0 Å². The Kier molecular flexibility index (Phi) is 1.86. The van der Waals surface area contributed by atoms with E-state index in [1.807, 2.05) is 0 Å². The fraction of sp³-hybridized carbons (Fsp3) is 0. The lowest BCUT2D eigenvalue weighted by molar-refractivity contribution is 0.0696. The minimum absolute atomic E-state index is 0.0407. The van der Waals surface area contributed by atoms with Gasteiger partial charge in [-0.3, -0.25) is 0 Å². The Balaban J connectivity index is 2.77. The first-order chi connectivity index (χ1) is 6.58. The van der Waals surface area contributed by atoms with E-state index in [9.17, 15) is 9.90 Å². The molecule has 0 unspecified atom stereocenters. The molecule has 4 nitrogen and oxygen atoms in total. The summed E-state index contributed by atoms with van der Waals surface area (Å²) < 4.78 is 4.98. The van der Waals surface area contributed by atoms with Gasteiger partial charge in [0.1, 0.15) is 11.3 Å². The summed E-state index contributed by atoms with van der Waals surface area (Å²) in [4.78, 5) is 10.6. The van der Waals surface area contributed by atoms with E-state index in [-0.39, 0.29) is 22.1 Å². The first kappa shape index (κ1) is 8.90. The summed E-state index contributed by atoms with van der Waals surface area (Å²) in [6.07, 6.45) is 0. The van der Waals surface area contributed by atoms with Crippen LogP contribution in [-0.2, 0) is 0 Å². The van der Waals surface area contributed by atoms with Gasteiger partial charge < -0.3 is 14.6 Å². The SMILES string of the molecule is O=C(O)c1cc(O)c2cc(Cl)oc2c1. The number of halogens is 1. The van der Waals surface area contributed by atoms with Crippen molar-refractivity contribution in [2.75, 3.05) is 0 Å². The molecule has 2 N–H and O–H groups in total. The number of carbonyl (C=O) groups is 1. The van der Waals surface area contributed by atoms with Crippen LogP contribution in [0, 0.1) is 0 Å². The monoisotopic (exact) mass is 212 g/mol. The molecule has 0 aliphatic rings. The largest absolute Gasteiger partial charge is 0.507 e. The molecule has 0 aliphatic carbocycles. The number of carboxylic acids is 1. The smallest absolute Gasteiger partial charge is 0.335 e. The maximum atomic E-state index is 10.6. The van der Waals surface area contributed by atoms with Crippen LogP contribution in [0.5, 0.6) is 5.75 Å². The van der Waals surface area contributed by atoms with Gasteiger partial charge in [0.05, 0.1) is 10.9 Å². The van der Waals surface area contributed by atoms with E-state index in [0.717, 1.165) is 6.07 Å². The van der Waals surface area contributed by atoms with Gasteiger partial charge in [-0.15, -0.1) is 0 Å². The Hall–Kier alpha value is -1.68. The number of carboxylic acid groups (broad SMARTS) is 1. The highest BCUT2D eigenvalue weighted by Gasteiger charge is 2.11. The molecule has 72 valence electrons. The number of aromatic hydroxyl groups is 1. The van der Waals surface area contributed by atoms with Gasteiger partial charge in [-0.05, 0) is 23.7 Å². The lowest BCUT2D eigenvalue weighted by atomic mass is 10.1. The van der Waals surface area contributed by atoms with E-state index >= 15 is 0 Å². The predicted octanol–water partition coefficient (Wildman–Crippen LogP) is 2.49. The average molecular weight is 213 g/mol. The molecule has 14 heavy (non-hydrogen) atoms. The molecule has 0 atom stereocenters. The summed E-state index contributed by atoms with van der Waals surface area (Å²) in [5, 5.41) is 18.6. The number of rotatable bonds is 1. The standard InChI is InChI=1S/C9H5ClO4/c10-8-3-5-6(11)1-4(9(12)13)2-7(5)14-8/h1-3,11H,(H,12,13). The highest BCUT2D eigenvalue weighted by Crippen LogP contribution is 2.31. The molecule has 0 radical (unpaired) electrons. The minimum Gasteiger partial charge on any atom is -0.507 e. The van der Waals surface area contributed by atoms with Crippen LogP contribution in [0.2, 0.25) is 5.22 Å². The van der Waals surface area contributed by atoms with E-state index < -0.39 is 5.97 Å². The summed E-state index contributed by atoms with van der Waals surface area (Å²) in [5.74, 6) is -1.29. The summed E-state index contributed by atoms with van der Waals surface area (Å²) >= 11 is 5.56. The highest BCUT2D eigenvalue weighted by molar-refractivity contribution is 6.29. The molecule has 1 aromatic heterocycles. The predicted molar refractivity (Wildman–Crippen MR) is 49.8 cm³/mol. The maximum absolute atomic E-state index is 10.6. The van der Waals surface area contributed by atoms with Crippen molar-refractivity contribution in [1.82, 2.24) is 0 Å². The van der Waals surface area contributed by atoms with Crippen molar-refractivity contribution in [3.8, 4) is 5.75 Å². The van der Waals surface area contributed by atoms with E-state index in [1.165, 1.54) is 12.1 Å². The van der Waals surface area contributed by atoms with Crippen molar-refractivity contribution in [1.29, 1.82) is 0 Å². The van der Waals surface area contributed by atoms with Crippen molar-refractivity contribution in [2.24, 2.45) is 0 Å². The van der Waals surface area contributed by atoms with Crippen LogP contribution in [0.15, 0.2) is 22.6 Å². The molecule has 0 amide bonds. The molecule has 1 heterocycles. The Bertz CT molecular complexity index is 515. The van der Waals surface area contributed by atoms with Crippen LogP contribution in [0.1, 0.15) is 10.4 Å². The number of benzene rings is 1. The normalized spacial score (nSPS) is 10.6. The lowest BCUT2D eigenvalue weighted by Gasteiger charge is -1.96. The van der Waals surface area contributed by atoms with E-state index in [0.29, 0.717) is 5.39 Å². The van der Waals surface area contributed by atoms with Crippen LogP contribution < -0.4 is 0 Å². The number of phenolic OH excluding ortho intramolecular Hbond substituents is 1. The first-order valence-corrected chi connectivity index (χ1v) is 4.11. The summed E-state index contributed by atoms with van der Waals surface area (Å²) in [5.41, 5.74) is 0.216. The molecule has 0 aliphatic heterocycles. The molecule has 5 heteroatoms. The number of furan rings is 1. The molecule has 0 spiro atoms. The Morgan fingerprint density at radius 3 is 2.71 bits per heavy atom. The Morgan fingerprint density at radius 1 is 1.36 bits per heavy atom. The zero-order valence-electron chi connectivity index (χ0n) is 6.82. The second-order valence-electron chi connectivity index (χ2n) is 2.76. The van der Waals surface area contributed by atoms with Gasteiger partial charge in [0.25, 0.3) is 0 Å². The molecular formula is C9H5ClO4. The second kappa shape index (κ2) is 2.92. The van der Waals surface area contributed by atoms with Gasteiger partial charge in [-0.1, -0.05) is 0 Å². The minimum atomic E-state index is -1.13. The zero-order valence-corrected chi connectivity index (χ0v) is 7.58. The number of phenols is 1. The van der Waals surface area contributed by atoms with E-state index in [4.69, 9.17) is 21.1 Å². The number of hydrogen-bond donors (Lipinski definition) is 2. The van der Waals surface area contributed by atoms with Crippen LogP contribution >= 0.6 is 11.6 Å². The van der Waals surface area contributed by atoms with Crippen molar-refractivity contribution in [3.63, 3.8) is 0 Å². The lowest BCUT2D eigenvalue weighted by Crippen LogP contribution is -1.94. The third-order valence-electron chi connectivity index (χ3n) is 1.83. The van der Waals surface area contributed by atoms with Gasteiger partial charge in [-0.2, -0.15) is 0 Å². The number of hydrogen-bond acceptors (Lipinski definition) is 3. The fourth-order valence-electron chi connectivity index (χ4n) is 1.21.